The molecule has 1 aliphatic rings. The molecule has 1 saturated heterocycles. The Kier molecular flexibility index (Phi) is 4.68. The molecule has 1 aromatic carbocycles. The molecule has 0 aromatic heterocycles. The van der Waals surface area contributed by atoms with Crippen LogP contribution in [0.4, 0.5) is 13.2 Å². The van der Waals surface area contributed by atoms with Crippen LogP contribution in [0.25, 0.3) is 6.08 Å². The Morgan fingerprint density at radius 3 is 2.13 bits per heavy atom. The van der Waals surface area contributed by atoms with Gasteiger partial charge in [-0.25, -0.2) is 0 Å². The topological polar surface area (TPSA) is 44.5 Å². The van der Waals surface area contributed by atoms with Gasteiger partial charge in [0.15, 0.2) is 0 Å². The van der Waals surface area contributed by atoms with Crippen LogP contribution in [0.1, 0.15) is 38.8 Å². The van der Waals surface area contributed by atoms with Crippen molar-refractivity contribution in [2.24, 2.45) is 5.73 Å². The van der Waals surface area contributed by atoms with Gasteiger partial charge in [-0.05, 0) is 44.8 Å². The van der Waals surface area contributed by atoms with Gasteiger partial charge in [-0.3, -0.25) is 0 Å². The Labute approximate surface area is 134 Å². The van der Waals surface area contributed by atoms with Gasteiger partial charge < -0.3 is 15.0 Å². The lowest BCUT2D eigenvalue weighted by molar-refractivity contribution is -0.137. The van der Waals surface area contributed by atoms with Crippen molar-refractivity contribution in [2.45, 2.75) is 45.1 Å². The average molecular weight is 327 g/mol. The zero-order chi connectivity index (χ0) is 17.5. The van der Waals surface area contributed by atoms with E-state index in [0.29, 0.717) is 5.47 Å². The van der Waals surface area contributed by atoms with Crippen LogP contribution in [0.15, 0.2) is 29.7 Å². The van der Waals surface area contributed by atoms with E-state index in [-0.39, 0.29) is 12.1 Å². The van der Waals surface area contributed by atoms with Gasteiger partial charge in [0.05, 0.1) is 16.8 Å². The van der Waals surface area contributed by atoms with Gasteiger partial charge in [-0.1, -0.05) is 24.3 Å². The molecule has 126 valence electrons. The van der Waals surface area contributed by atoms with Crippen molar-refractivity contribution in [3.05, 3.63) is 40.9 Å². The smallest absolute Gasteiger partial charge is 0.400 e. The van der Waals surface area contributed by atoms with Crippen LogP contribution < -0.4 is 5.73 Å². The number of alkyl halides is 3. The Morgan fingerprint density at radius 2 is 1.65 bits per heavy atom. The predicted molar refractivity (Wildman–Crippen MR) is 84.6 cm³/mol. The molecule has 2 N–H and O–H groups in total. The second kappa shape index (κ2) is 5.96. The molecule has 0 amide bonds. The van der Waals surface area contributed by atoms with Crippen molar-refractivity contribution < 1.29 is 22.5 Å². The van der Waals surface area contributed by atoms with Crippen molar-refractivity contribution in [3.8, 4) is 0 Å². The first-order valence-corrected chi connectivity index (χ1v) is 7.40. The molecule has 1 aliphatic heterocycles. The minimum Gasteiger partial charge on any atom is -0.400 e. The molecule has 1 aromatic rings. The summed E-state index contributed by atoms with van der Waals surface area (Å²) in [6, 6.07) is 5.37. The van der Waals surface area contributed by atoms with E-state index in [1.807, 2.05) is 27.7 Å². The normalized spacial score (nSPS) is 20.9. The highest BCUT2D eigenvalue weighted by molar-refractivity contribution is 6.55. The summed E-state index contributed by atoms with van der Waals surface area (Å²) in [6.07, 6.45) is -3.02. The summed E-state index contributed by atoms with van der Waals surface area (Å²) in [5.41, 5.74) is 4.40. The van der Waals surface area contributed by atoms with E-state index in [4.69, 9.17) is 15.0 Å². The van der Waals surface area contributed by atoms with Crippen LogP contribution in [0.3, 0.4) is 0 Å². The maximum Gasteiger partial charge on any atom is 0.491 e. The molecule has 23 heavy (non-hydrogen) atoms. The van der Waals surface area contributed by atoms with E-state index in [2.05, 4.69) is 0 Å². The molecular weight excluding hydrogens is 306 g/mol. The number of hydrogen-bond donors (Lipinski definition) is 1. The van der Waals surface area contributed by atoms with Crippen LogP contribution >= 0.6 is 0 Å². The zero-order valence-electron chi connectivity index (χ0n) is 13.7. The molecule has 2 rings (SSSR count). The minimum absolute atomic E-state index is 0.0447. The third-order valence-electron chi connectivity index (χ3n) is 4.40. The van der Waals surface area contributed by atoms with Crippen LogP contribution in [0.2, 0.25) is 0 Å². The molecule has 0 saturated carbocycles. The third-order valence-corrected chi connectivity index (χ3v) is 4.40. The van der Waals surface area contributed by atoms with E-state index >= 15 is 0 Å². The van der Waals surface area contributed by atoms with E-state index < -0.39 is 30.1 Å². The van der Waals surface area contributed by atoms with Crippen molar-refractivity contribution in [1.29, 1.82) is 0 Å². The van der Waals surface area contributed by atoms with Gasteiger partial charge in [0.1, 0.15) is 0 Å². The van der Waals surface area contributed by atoms with Crippen molar-refractivity contribution in [2.75, 3.05) is 6.54 Å². The molecule has 1 fully saturated rings. The van der Waals surface area contributed by atoms with Crippen LogP contribution in [0, 0.1) is 0 Å². The largest absolute Gasteiger partial charge is 0.491 e. The second-order valence-electron chi connectivity index (χ2n) is 6.60. The summed E-state index contributed by atoms with van der Waals surface area (Å²) < 4.78 is 51.0. The number of halogens is 3. The lowest BCUT2D eigenvalue weighted by atomic mass is 9.77. The molecule has 1 heterocycles. The standard InChI is InChI=1S/C16H21BF3NO2/c1-14(2)15(3,4)23-17(22-14)12(10-21)9-11-7-5-6-8-13(11)16(18,19)20/h5-9H,10,21H2,1-4H3. The molecule has 7 heteroatoms. The number of nitrogens with two attached hydrogens (primary N) is 1. The van der Waals surface area contributed by atoms with E-state index in [1.54, 1.807) is 6.07 Å². The summed E-state index contributed by atoms with van der Waals surface area (Å²) >= 11 is 0. The van der Waals surface area contributed by atoms with Crippen LogP contribution in [0.5, 0.6) is 0 Å². The van der Waals surface area contributed by atoms with Crippen molar-refractivity contribution in [1.82, 2.24) is 0 Å². The third kappa shape index (κ3) is 3.62. The fourth-order valence-electron chi connectivity index (χ4n) is 2.30. The van der Waals surface area contributed by atoms with Gasteiger partial charge in [-0.15, -0.1) is 0 Å². The summed E-state index contributed by atoms with van der Waals surface area (Å²) in [7, 11) is -0.758. The Balaban J connectivity index is 2.39. The maximum absolute atomic E-state index is 13.1. The quantitative estimate of drug-likeness (QED) is 0.862. The van der Waals surface area contributed by atoms with Gasteiger partial charge in [0, 0.05) is 6.54 Å². The first-order chi connectivity index (χ1) is 10.5. The second-order valence-corrected chi connectivity index (χ2v) is 6.60. The molecule has 0 atom stereocenters. The summed E-state index contributed by atoms with van der Waals surface area (Å²) in [5.74, 6) is 0. The average Bonchev–Trinajstić information content (AvgIpc) is 2.64. The Hall–Kier alpha value is -1.31. The minimum atomic E-state index is -4.43. The Morgan fingerprint density at radius 1 is 1.13 bits per heavy atom. The summed E-state index contributed by atoms with van der Waals surface area (Å²) in [5, 5.41) is 0. The zero-order valence-corrected chi connectivity index (χ0v) is 13.7. The van der Waals surface area contributed by atoms with Gasteiger partial charge >= 0.3 is 13.3 Å². The van der Waals surface area contributed by atoms with Gasteiger partial charge in [-0.2, -0.15) is 13.2 Å². The number of benzene rings is 1. The monoisotopic (exact) mass is 327 g/mol. The van der Waals surface area contributed by atoms with Crippen molar-refractivity contribution in [3.63, 3.8) is 0 Å². The highest BCUT2D eigenvalue weighted by atomic mass is 19.4. The maximum atomic E-state index is 13.1. The molecule has 0 aliphatic carbocycles. The van der Waals surface area contributed by atoms with Gasteiger partial charge in [0.2, 0.25) is 0 Å². The molecular formula is C16H21BF3NO2. The fraction of sp³-hybridized carbons (Fsp3) is 0.500. The lowest BCUT2D eigenvalue weighted by Gasteiger charge is -2.32. The first kappa shape index (κ1) is 18.0. The molecule has 0 spiro atoms. The predicted octanol–water partition coefficient (Wildman–Crippen LogP) is 3.68. The Bertz CT molecular complexity index is 596. The SMILES string of the molecule is CC1(C)OB(C(=Cc2ccccc2C(F)(F)F)CN)OC1(C)C. The van der Waals surface area contributed by atoms with E-state index in [1.165, 1.54) is 18.2 Å². The molecule has 0 unspecified atom stereocenters. The van der Waals surface area contributed by atoms with Crippen molar-refractivity contribution >= 4 is 13.2 Å². The molecule has 0 radical (unpaired) electrons. The van der Waals surface area contributed by atoms with Gasteiger partial charge in [0.25, 0.3) is 0 Å². The van der Waals surface area contributed by atoms with E-state index in [0.717, 1.165) is 6.07 Å². The summed E-state index contributed by atoms with van der Waals surface area (Å²) in [6.45, 7) is 7.56. The molecule has 0 bridgehead atoms. The highest BCUT2D eigenvalue weighted by Gasteiger charge is 2.52. The first-order valence-electron chi connectivity index (χ1n) is 7.40. The lowest BCUT2D eigenvalue weighted by Crippen LogP contribution is -2.41. The van der Waals surface area contributed by atoms with Crippen LogP contribution in [-0.4, -0.2) is 24.9 Å². The summed E-state index contributed by atoms with van der Waals surface area (Å²) in [4.78, 5) is 0. The number of hydrogen-bond acceptors (Lipinski definition) is 3. The number of rotatable bonds is 3. The fourth-order valence-corrected chi connectivity index (χ4v) is 2.30. The van der Waals surface area contributed by atoms with Crippen LogP contribution in [-0.2, 0) is 15.5 Å². The molecule has 3 nitrogen and oxygen atoms in total. The van der Waals surface area contributed by atoms with E-state index in [9.17, 15) is 13.2 Å². The highest BCUT2D eigenvalue weighted by Crippen LogP contribution is 2.39.